The maximum absolute atomic E-state index is 13.7. The SMILES string of the molecule is CCCOC(=O)C(C)Sc1cc(NC(C)=O)c(F)cc1Br. The highest BCUT2D eigenvalue weighted by Crippen LogP contribution is 2.35. The molecule has 0 aliphatic rings. The van der Waals surface area contributed by atoms with Gasteiger partial charge in [-0.3, -0.25) is 9.59 Å². The molecule has 7 heteroatoms. The summed E-state index contributed by atoms with van der Waals surface area (Å²) in [7, 11) is 0. The lowest BCUT2D eigenvalue weighted by Gasteiger charge is -2.13. The van der Waals surface area contributed by atoms with Crippen molar-refractivity contribution in [1.29, 1.82) is 0 Å². The Labute approximate surface area is 135 Å². The molecule has 0 aliphatic heterocycles. The fourth-order valence-electron chi connectivity index (χ4n) is 1.46. The number of hydrogen-bond donors (Lipinski definition) is 1. The predicted molar refractivity (Wildman–Crippen MR) is 85.0 cm³/mol. The number of carbonyl (C=O) groups excluding carboxylic acids is 2. The van der Waals surface area contributed by atoms with Crippen molar-refractivity contribution in [2.24, 2.45) is 0 Å². The van der Waals surface area contributed by atoms with Gasteiger partial charge in [-0.15, -0.1) is 11.8 Å². The Morgan fingerprint density at radius 2 is 2.14 bits per heavy atom. The monoisotopic (exact) mass is 377 g/mol. The molecule has 0 saturated heterocycles. The highest BCUT2D eigenvalue weighted by molar-refractivity contribution is 9.10. The van der Waals surface area contributed by atoms with Crippen molar-refractivity contribution in [2.45, 2.75) is 37.3 Å². The van der Waals surface area contributed by atoms with Gasteiger partial charge in [-0.05, 0) is 41.4 Å². The number of hydrogen-bond acceptors (Lipinski definition) is 4. The van der Waals surface area contributed by atoms with Gasteiger partial charge >= 0.3 is 5.97 Å². The van der Waals surface area contributed by atoms with Gasteiger partial charge in [0.2, 0.25) is 5.91 Å². The van der Waals surface area contributed by atoms with E-state index in [0.717, 1.165) is 6.42 Å². The minimum absolute atomic E-state index is 0.0855. The summed E-state index contributed by atoms with van der Waals surface area (Å²) in [6.07, 6.45) is 0.760. The van der Waals surface area contributed by atoms with Crippen LogP contribution in [0.2, 0.25) is 0 Å². The molecule has 1 aromatic rings. The number of rotatable bonds is 6. The first-order valence-corrected chi connectivity index (χ1v) is 8.12. The van der Waals surface area contributed by atoms with Crippen LogP contribution in [-0.4, -0.2) is 23.7 Å². The van der Waals surface area contributed by atoms with E-state index in [1.165, 1.54) is 30.8 Å². The Bertz CT molecular complexity index is 539. The van der Waals surface area contributed by atoms with E-state index in [-0.39, 0.29) is 17.6 Å². The molecule has 0 fully saturated rings. The third kappa shape index (κ3) is 5.67. The Hall–Kier alpha value is -1.08. The average Bonchev–Trinajstić information content (AvgIpc) is 2.40. The Morgan fingerprint density at radius 1 is 1.48 bits per heavy atom. The molecule has 0 aliphatic carbocycles. The summed E-state index contributed by atoms with van der Waals surface area (Å²) in [5, 5.41) is 1.99. The van der Waals surface area contributed by atoms with Crippen LogP contribution in [0, 0.1) is 5.82 Å². The molecule has 1 amide bonds. The van der Waals surface area contributed by atoms with Crippen molar-refractivity contribution < 1.29 is 18.7 Å². The summed E-state index contributed by atoms with van der Waals surface area (Å²) in [4.78, 5) is 23.4. The van der Waals surface area contributed by atoms with Crippen LogP contribution in [0.1, 0.15) is 27.2 Å². The zero-order valence-corrected chi connectivity index (χ0v) is 14.4. The van der Waals surface area contributed by atoms with Crippen LogP contribution in [0.15, 0.2) is 21.5 Å². The molecular weight excluding hydrogens is 361 g/mol. The number of anilines is 1. The molecule has 0 heterocycles. The van der Waals surface area contributed by atoms with Crippen molar-refractivity contribution in [3.05, 3.63) is 22.4 Å². The van der Waals surface area contributed by atoms with E-state index < -0.39 is 11.1 Å². The van der Waals surface area contributed by atoms with Gasteiger partial charge in [-0.25, -0.2) is 4.39 Å². The van der Waals surface area contributed by atoms with E-state index in [4.69, 9.17) is 4.74 Å². The summed E-state index contributed by atoms with van der Waals surface area (Å²) in [5.74, 6) is -1.22. The molecule has 4 nitrogen and oxygen atoms in total. The topological polar surface area (TPSA) is 55.4 Å². The van der Waals surface area contributed by atoms with Gasteiger partial charge in [0.1, 0.15) is 11.1 Å². The highest BCUT2D eigenvalue weighted by Gasteiger charge is 2.18. The summed E-state index contributed by atoms with van der Waals surface area (Å²) in [5.41, 5.74) is 0.0855. The van der Waals surface area contributed by atoms with Crippen LogP contribution in [0.25, 0.3) is 0 Å². The second kappa shape index (κ2) is 8.38. The van der Waals surface area contributed by atoms with Crippen molar-refractivity contribution >= 4 is 45.3 Å². The lowest BCUT2D eigenvalue weighted by molar-refractivity contribution is -0.142. The zero-order valence-electron chi connectivity index (χ0n) is 12.0. The number of halogens is 2. The van der Waals surface area contributed by atoms with Crippen LogP contribution in [0.4, 0.5) is 10.1 Å². The number of nitrogens with one attached hydrogen (secondary N) is 1. The van der Waals surface area contributed by atoms with Gasteiger partial charge in [0, 0.05) is 16.3 Å². The first-order valence-electron chi connectivity index (χ1n) is 6.45. The van der Waals surface area contributed by atoms with Crippen LogP contribution in [0.5, 0.6) is 0 Å². The van der Waals surface area contributed by atoms with Gasteiger partial charge < -0.3 is 10.1 Å². The molecule has 1 aromatic carbocycles. The predicted octanol–water partition coefficient (Wildman–Crippen LogP) is 3.98. The summed E-state index contributed by atoms with van der Waals surface area (Å²) < 4.78 is 19.3. The smallest absolute Gasteiger partial charge is 0.319 e. The van der Waals surface area contributed by atoms with Gasteiger partial charge in [0.25, 0.3) is 0 Å². The number of esters is 1. The molecule has 0 bridgehead atoms. The van der Waals surface area contributed by atoms with Crippen molar-refractivity contribution in [1.82, 2.24) is 0 Å². The summed E-state index contributed by atoms with van der Waals surface area (Å²) in [6.45, 7) is 5.32. The van der Waals surface area contributed by atoms with Crippen molar-refractivity contribution in [3.63, 3.8) is 0 Å². The number of carbonyl (C=O) groups is 2. The lowest BCUT2D eigenvalue weighted by atomic mass is 10.3. The zero-order chi connectivity index (χ0) is 16.0. The standard InChI is InChI=1S/C14H17BrFNO3S/c1-4-5-20-14(19)8(2)21-13-7-12(17-9(3)18)11(16)6-10(13)15/h6-8H,4-5H2,1-3H3,(H,17,18). The molecule has 0 saturated carbocycles. The Kier molecular flexibility index (Phi) is 7.17. The maximum atomic E-state index is 13.7. The number of benzene rings is 1. The Morgan fingerprint density at radius 3 is 2.71 bits per heavy atom. The van der Waals surface area contributed by atoms with E-state index in [1.807, 2.05) is 6.92 Å². The molecule has 1 atom stereocenters. The Balaban J connectivity index is 2.87. The largest absolute Gasteiger partial charge is 0.465 e. The van der Waals surface area contributed by atoms with Gasteiger partial charge in [-0.1, -0.05) is 6.92 Å². The molecular formula is C14H17BrFNO3S. The quantitative estimate of drug-likeness (QED) is 0.601. The second-order valence-corrected chi connectivity index (χ2v) is 6.61. The fraction of sp³-hybridized carbons (Fsp3) is 0.429. The van der Waals surface area contributed by atoms with Gasteiger partial charge in [0.05, 0.1) is 12.3 Å². The highest BCUT2D eigenvalue weighted by atomic mass is 79.9. The number of ether oxygens (including phenoxy) is 1. The van der Waals surface area contributed by atoms with Crippen LogP contribution in [-0.2, 0) is 14.3 Å². The number of thioether (sulfide) groups is 1. The molecule has 0 spiro atoms. The van der Waals surface area contributed by atoms with E-state index in [0.29, 0.717) is 16.0 Å². The molecule has 21 heavy (non-hydrogen) atoms. The molecule has 1 rings (SSSR count). The van der Waals surface area contributed by atoms with E-state index in [9.17, 15) is 14.0 Å². The maximum Gasteiger partial charge on any atom is 0.319 e. The normalized spacial score (nSPS) is 11.9. The third-order valence-electron chi connectivity index (χ3n) is 2.42. The summed E-state index contributed by atoms with van der Waals surface area (Å²) >= 11 is 4.49. The lowest BCUT2D eigenvalue weighted by Crippen LogP contribution is -2.17. The molecule has 1 unspecified atom stereocenters. The first-order chi connectivity index (χ1) is 9.85. The van der Waals surface area contributed by atoms with Crippen LogP contribution < -0.4 is 5.32 Å². The van der Waals surface area contributed by atoms with Crippen LogP contribution >= 0.6 is 27.7 Å². The minimum Gasteiger partial charge on any atom is -0.465 e. The van der Waals surface area contributed by atoms with Gasteiger partial charge in [0.15, 0.2) is 0 Å². The van der Waals surface area contributed by atoms with E-state index in [1.54, 1.807) is 6.92 Å². The molecule has 116 valence electrons. The minimum atomic E-state index is -0.539. The molecule has 1 N–H and O–H groups in total. The van der Waals surface area contributed by atoms with E-state index >= 15 is 0 Å². The second-order valence-electron chi connectivity index (χ2n) is 4.37. The first kappa shape index (κ1) is 18.0. The van der Waals surface area contributed by atoms with E-state index in [2.05, 4.69) is 21.2 Å². The molecule has 0 aromatic heterocycles. The van der Waals surface area contributed by atoms with Crippen molar-refractivity contribution in [2.75, 3.05) is 11.9 Å². The molecule has 0 radical (unpaired) electrons. The fourth-order valence-corrected chi connectivity index (χ4v) is 2.96. The summed E-state index contributed by atoms with van der Waals surface area (Å²) in [6, 6.07) is 2.76. The average molecular weight is 378 g/mol. The van der Waals surface area contributed by atoms with Gasteiger partial charge in [-0.2, -0.15) is 0 Å². The van der Waals surface area contributed by atoms with Crippen molar-refractivity contribution in [3.8, 4) is 0 Å². The number of amides is 1. The third-order valence-corrected chi connectivity index (χ3v) is 4.47. The van der Waals surface area contributed by atoms with Crippen LogP contribution in [0.3, 0.4) is 0 Å².